The van der Waals surface area contributed by atoms with Gasteiger partial charge in [0, 0.05) is 11.8 Å². The lowest BCUT2D eigenvalue weighted by molar-refractivity contribution is 0.0996. The number of rotatable bonds is 4. The molecule has 2 heterocycles. The van der Waals surface area contributed by atoms with Crippen LogP contribution in [0.3, 0.4) is 0 Å². The standard InChI is InChI=1S/C15H12F2N6O/c1-8-5-12(20-7-19-8)21-11-6-23(22-13(11)15(18)24)14-9(16)3-2-4-10(14)17/h2-7H,1H3,(H2,18,24)(H,19,20,21). The smallest absolute Gasteiger partial charge is 0.271 e. The van der Waals surface area contributed by atoms with Crippen molar-refractivity contribution in [2.75, 3.05) is 5.32 Å². The number of aryl methyl sites for hydroxylation is 1. The summed E-state index contributed by atoms with van der Waals surface area (Å²) in [5.41, 5.74) is 5.57. The monoisotopic (exact) mass is 330 g/mol. The van der Waals surface area contributed by atoms with E-state index in [1.807, 2.05) is 0 Å². The molecular formula is C15H12F2N6O. The van der Waals surface area contributed by atoms with Crippen molar-refractivity contribution >= 4 is 17.4 Å². The van der Waals surface area contributed by atoms with Gasteiger partial charge in [0.1, 0.15) is 17.8 Å². The first kappa shape index (κ1) is 15.5. The molecule has 3 N–H and O–H groups in total. The molecule has 1 aromatic carbocycles. The number of nitrogens with two attached hydrogens (primary N) is 1. The lowest BCUT2D eigenvalue weighted by atomic mass is 10.3. The Morgan fingerprint density at radius 2 is 1.96 bits per heavy atom. The summed E-state index contributed by atoms with van der Waals surface area (Å²) < 4.78 is 28.7. The first-order chi connectivity index (χ1) is 11.5. The second-order valence-corrected chi connectivity index (χ2v) is 4.94. The van der Waals surface area contributed by atoms with E-state index in [1.165, 1.54) is 18.6 Å². The van der Waals surface area contributed by atoms with E-state index >= 15 is 0 Å². The fraction of sp³-hybridized carbons (Fsp3) is 0.0667. The first-order valence-electron chi connectivity index (χ1n) is 6.85. The van der Waals surface area contributed by atoms with Crippen molar-refractivity contribution in [3.8, 4) is 5.69 Å². The molecule has 0 fully saturated rings. The minimum atomic E-state index is -0.848. The van der Waals surface area contributed by atoms with E-state index in [1.54, 1.807) is 13.0 Å². The van der Waals surface area contributed by atoms with Crippen LogP contribution in [-0.2, 0) is 0 Å². The van der Waals surface area contributed by atoms with E-state index in [-0.39, 0.29) is 11.4 Å². The number of amides is 1. The van der Waals surface area contributed by atoms with Gasteiger partial charge in [-0.3, -0.25) is 4.79 Å². The maximum atomic E-state index is 13.9. The summed E-state index contributed by atoms with van der Waals surface area (Å²) in [4.78, 5) is 19.5. The van der Waals surface area contributed by atoms with E-state index in [4.69, 9.17) is 5.73 Å². The predicted octanol–water partition coefficient (Wildman–Crippen LogP) is 2.09. The van der Waals surface area contributed by atoms with Gasteiger partial charge in [0.2, 0.25) is 0 Å². The molecule has 0 atom stereocenters. The Bertz CT molecular complexity index is 904. The van der Waals surface area contributed by atoms with E-state index in [0.717, 1.165) is 16.8 Å². The summed E-state index contributed by atoms with van der Waals surface area (Å²) in [7, 11) is 0. The van der Waals surface area contributed by atoms with Crippen LogP contribution < -0.4 is 11.1 Å². The van der Waals surface area contributed by atoms with Gasteiger partial charge in [-0.25, -0.2) is 23.4 Å². The van der Waals surface area contributed by atoms with Crippen molar-refractivity contribution in [3.63, 3.8) is 0 Å². The summed E-state index contributed by atoms with van der Waals surface area (Å²) >= 11 is 0. The second kappa shape index (κ2) is 6.03. The summed E-state index contributed by atoms with van der Waals surface area (Å²) in [6.07, 6.45) is 2.60. The van der Waals surface area contributed by atoms with Crippen LogP contribution in [0.1, 0.15) is 16.2 Å². The normalized spacial score (nSPS) is 10.6. The molecule has 0 saturated heterocycles. The summed E-state index contributed by atoms with van der Waals surface area (Å²) in [5.74, 6) is -2.10. The molecule has 3 aromatic rings. The number of nitrogens with one attached hydrogen (secondary N) is 1. The molecule has 0 spiro atoms. The molecule has 1 amide bonds. The van der Waals surface area contributed by atoms with Gasteiger partial charge in [-0.05, 0) is 19.1 Å². The molecule has 0 bridgehead atoms. The first-order valence-corrected chi connectivity index (χ1v) is 6.85. The summed E-state index contributed by atoms with van der Waals surface area (Å²) in [6.45, 7) is 1.76. The number of anilines is 2. The number of carbonyl (C=O) groups is 1. The minimum absolute atomic E-state index is 0.170. The quantitative estimate of drug-likeness (QED) is 0.763. The van der Waals surface area contributed by atoms with E-state index in [0.29, 0.717) is 11.5 Å². The lowest BCUT2D eigenvalue weighted by Gasteiger charge is -2.04. The third kappa shape index (κ3) is 2.91. The van der Waals surface area contributed by atoms with Gasteiger partial charge in [-0.2, -0.15) is 5.10 Å². The SMILES string of the molecule is Cc1cc(Nc2cn(-c3c(F)cccc3F)nc2C(N)=O)ncn1. The number of benzene rings is 1. The Balaban J connectivity index is 2.07. The van der Waals surface area contributed by atoms with Gasteiger partial charge in [0.25, 0.3) is 5.91 Å². The maximum absolute atomic E-state index is 13.9. The van der Waals surface area contributed by atoms with Crippen molar-refractivity contribution in [2.24, 2.45) is 5.73 Å². The molecule has 7 nitrogen and oxygen atoms in total. The topological polar surface area (TPSA) is 98.7 Å². The van der Waals surface area contributed by atoms with Gasteiger partial charge in [0.15, 0.2) is 17.3 Å². The zero-order valence-electron chi connectivity index (χ0n) is 12.5. The highest BCUT2D eigenvalue weighted by Gasteiger charge is 2.19. The van der Waals surface area contributed by atoms with Crippen molar-refractivity contribution in [1.82, 2.24) is 19.7 Å². The molecule has 24 heavy (non-hydrogen) atoms. The number of carbonyl (C=O) groups excluding carboxylic acids is 1. The average Bonchev–Trinajstić information content (AvgIpc) is 2.91. The van der Waals surface area contributed by atoms with Crippen molar-refractivity contribution < 1.29 is 13.6 Å². The van der Waals surface area contributed by atoms with Crippen LogP contribution in [0.15, 0.2) is 36.8 Å². The highest BCUT2D eigenvalue weighted by Crippen LogP contribution is 2.23. The molecule has 0 aliphatic heterocycles. The zero-order chi connectivity index (χ0) is 17.3. The van der Waals surface area contributed by atoms with Crippen LogP contribution in [0, 0.1) is 18.6 Å². The molecule has 3 rings (SSSR count). The summed E-state index contributed by atoms with van der Waals surface area (Å²) in [6, 6.07) is 5.04. The molecule has 9 heteroatoms. The fourth-order valence-corrected chi connectivity index (χ4v) is 2.13. The Morgan fingerprint density at radius 1 is 1.25 bits per heavy atom. The van der Waals surface area contributed by atoms with Crippen LogP contribution in [0.25, 0.3) is 5.69 Å². The molecule has 0 aliphatic rings. The van der Waals surface area contributed by atoms with Crippen LogP contribution in [0.4, 0.5) is 20.3 Å². The third-order valence-corrected chi connectivity index (χ3v) is 3.18. The number of halogens is 2. The Labute approximate surface area is 135 Å². The number of para-hydroxylation sites is 1. The van der Waals surface area contributed by atoms with E-state index < -0.39 is 23.2 Å². The van der Waals surface area contributed by atoms with E-state index in [2.05, 4.69) is 20.4 Å². The summed E-state index contributed by atoms with van der Waals surface area (Å²) in [5, 5.41) is 6.72. The lowest BCUT2D eigenvalue weighted by Crippen LogP contribution is -2.14. The van der Waals surface area contributed by atoms with Gasteiger partial charge < -0.3 is 11.1 Å². The molecule has 0 radical (unpaired) electrons. The molecule has 0 aliphatic carbocycles. The number of aromatic nitrogens is 4. The Kier molecular flexibility index (Phi) is 3.90. The van der Waals surface area contributed by atoms with Gasteiger partial charge in [0.05, 0.1) is 11.9 Å². The van der Waals surface area contributed by atoms with Crippen LogP contribution in [-0.4, -0.2) is 25.7 Å². The molecule has 122 valence electrons. The van der Waals surface area contributed by atoms with Crippen LogP contribution in [0.2, 0.25) is 0 Å². The molecule has 2 aromatic heterocycles. The third-order valence-electron chi connectivity index (χ3n) is 3.18. The number of hydrogen-bond donors (Lipinski definition) is 2. The highest BCUT2D eigenvalue weighted by atomic mass is 19.1. The predicted molar refractivity (Wildman–Crippen MR) is 82.0 cm³/mol. The fourth-order valence-electron chi connectivity index (χ4n) is 2.13. The molecular weight excluding hydrogens is 318 g/mol. The van der Waals surface area contributed by atoms with Crippen LogP contribution >= 0.6 is 0 Å². The highest BCUT2D eigenvalue weighted by molar-refractivity contribution is 5.97. The maximum Gasteiger partial charge on any atom is 0.271 e. The number of hydrogen-bond acceptors (Lipinski definition) is 5. The van der Waals surface area contributed by atoms with Gasteiger partial charge in [-0.1, -0.05) is 6.07 Å². The Hall–Kier alpha value is -3.36. The van der Waals surface area contributed by atoms with Crippen LogP contribution in [0.5, 0.6) is 0 Å². The molecule has 0 saturated carbocycles. The number of nitrogens with zero attached hydrogens (tertiary/aromatic N) is 4. The molecule has 0 unspecified atom stereocenters. The van der Waals surface area contributed by atoms with E-state index in [9.17, 15) is 13.6 Å². The van der Waals surface area contributed by atoms with Crippen molar-refractivity contribution in [2.45, 2.75) is 6.92 Å². The average molecular weight is 330 g/mol. The van der Waals surface area contributed by atoms with Crippen molar-refractivity contribution in [3.05, 3.63) is 59.8 Å². The van der Waals surface area contributed by atoms with Crippen molar-refractivity contribution in [1.29, 1.82) is 0 Å². The van der Waals surface area contributed by atoms with Gasteiger partial charge in [-0.15, -0.1) is 0 Å². The largest absolute Gasteiger partial charge is 0.364 e. The van der Waals surface area contributed by atoms with Gasteiger partial charge >= 0.3 is 0 Å². The minimum Gasteiger partial charge on any atom is -0.364 e. The zero-order valence-corrected chi connectivity index (χ0v) is 12.5. The number of primary amides is 1. The Morgan fingerprint density at radius 3 is 2.58 bits per heavy atom. The second-order valence-electron chi connectivity index (χ2n) is 4.94.